The molecule has 1 aliphatic rings. The third-order valence-corrected chi connectivity index (χ3v) is 7.31. The van der Waals surface area contributed by atoms with Crippen LogP contribution < -0.4 is 5.32 Å². The Balaban J connectivity index is 0.000000672. The molecule has 0 atom stereocenters. The van der Waals surface area contributed by atoms with Crippen LogP contribution in [0.4, 0.5) is 15.6 Å². The topological polar surface area (TPSA) is 99.5 Å². The summed E-state index contributed by atoms with van der Waals surface area (Å²) < 4.78 is 1.23. The van der Waals surface area contributed by atoms with E-state index >= 15 is 0 Å². The number of hydrogen-bond acceptors (Lipinski definition) is 5. The second-order valence-electron chi connectivity index (χ2n) is 8.86. The van der Waals surface area contributed by atoms with Crippen molar-refractivity contribution in [2.45, 2.75) is 39.5 Å². The summed E-state index contributed by atoms with van der Waals surface area (Å²) >= 11 is 1.69. The SMILES string of the molecule is Cc1cc(C)c2sc(Nc3ccc(-c4ccc(C(=O)C5CCCC5)cc4)cc3)nc2c1.O=C(O)O. The number of anilines is 2. The van der Waals surface area contributed by atoms with Gasteiger partial charge in [0.2, 0.25) is 0 Å². The first-order chi connectivity index (χ1) is 16.8. The number of carboxylic acid groups (broad SMARTS) is 2. The Morgan fingerprint density at radius 3 is 2.09 bits per heavy atom. The average molecular weight is 489 g/mol. The van der Waals surface area contributed by atoms with Crippen molar-refractivity contribution in [3.8, 4) is 11.1 Å². The molecule has 0 saturated heterocycles. The predicted octanol–water partition coefficient (Wildman–Crippen LogP) is 7.92. The summed E-state index contributed by atoms with van der Waals surface area (Å²) in [6.07, 6.45) is 2.63. The molecule has 1 heterocycles. The maximum atomic E-state index is 12.6. The largest absolute Gasteiger partial charge is 0.503 e. The molecule has 1 aliphatic carbocycles. The lowest BCUT2D eigenvalue weighted by atomic mass is 9.94. The van der Waals surface area contributed by atoms with E-state index in [1.165, 1.54) is 28.7 Å². The van der Waals surface area contributed by atoms with Crippen LogP contribution in [-0.4, -0.2) is 27.1 Å². The van der Waals surface area contributed by atoms with Crippen LogP contribution in [0.2, 0.25) is 0 Å². The van der Waals surface area contributed by atoms with Crippen LogP contribution in [-0.2, 0) is 0 Å². The number of thiazole rings is 1. The molecule has 0 radical (unpaired) electrons. The highest BCUT2D eigenvalue weighted by molar-refractivity contribution is 7.22. The van der Waals surface area contributed by atoms with E-state index in [0.29, 0.717) is 5.78 Å². The summed E-state index contributed by atoms with van der Waals surface area (Å²) in [7, 11) is 0. The molecule has 3 N–H and O–H groups in total. The van der Waals surface area contributed by atoms with Crippen molar-refractivity contribution < 1.29 is 19.8 Å². The molecule has 1 saturated carbocycles. The van der Waals surface area contributed by atoms with Crippen LogP contribution in [0.5, 0.6) is 0 Å². The number of aryl methyl sites for hydroxylation is 2. The number of nitrogens with zero attached hydrogens (tertiary/aromatic N) is 1. The number of carbonyl (C=O) groups excluding carboxylic acids is 1. The first kappa shape index (κ1) is 24.4. The molecular weight excluding hydrogens is 460 g/mol. The number of benzene rings is 3. The number of Topliss-reactive ketones (excluding diaryl/α,β-unsaturated/α-hetero) is 1. The molecular formula is C28H28N2O4S. The van der Waals surface area contributed by atoms with E-state index < -0.39 is 6.16 Å². The molecule has 1 aromatic heterocycles. The Morgan fingerprint density at radius 1 is 0.914 bits per heavy atom. The molecule has 4 aromatic rings. The lowest BCUT2D eigenvalue weighted by molar-refractivity contribution is 0.0922. The first-order valence-electron chi connectivity index (χ1n) is 11.6. The zero-order chi connectivity index (χ0) is 24.9. The highest BCUT2D eigenvalue weighted by Crippen LogP contribution is 2.32. The minimum Gasteiger partial charge on any atom is -0.450 e. The minimum atomic E-state index is -1.83. The van der Waals surface area contributed by atoms with Crippen molar-refractivity contribution in [3.05, 3.63) is 77.4 Å². The standard InChI is InChI=1S/C27H26N2OS.CH2O3/c1-17-15-18(2)26-24(16-17)29-27(31-26)28-23-13-11-20(12-14-23)19-7-9-22(10-8-19)25(30)21-5-3-4-6-21;2-1(3)4/h7-16,21H,3-6H2,1-2H3,(H,28,29);(H2,2,3,4). The Kier molecular flexibility index (Phi) is 7.46. The van der Waals surface area contributed by atoms with E-state index in [9.17, 15) is 4.79 Å². The van der Waals surface area contributed by atoms with Gasteiger partial charge in [0.1, 0.15) is 0 Å². The van der Waals surface area contributed by atoms with Gasteiger partial charge < -0.3 is 15.5 Å². The molecule has 3 aromatic carbocycles. The van der Waals surface area contributed by atoms with Crippen LogP contribution in [0.3, 0.4) is 0 Å². The van der Waals surface area contributed by atoms with E-state index in [1.54, 1.807) is 11.3 Å². The van der Waals surface area contributed by atoms with Gasteiger partial charge in [-0.15, -0.1) is 0 Å². The van der Waals surface area contributed by atoms with Crippen molar-refractivity contribution >= 4 is 44.3 Å². The molecule has 1 fully saturated rings. The highest BCUT2D eigenvalue weighted by atomic mass is 32.1. The minimum absolute atomic E-state index is 0.228. The van der Waals surface area contributed by atoms with E-state index in [4.69, 9.17) is 20.0 Å². The molecule has 0 spiro atoms. The van der Waals surface area contributed by atoms with Crippen LogP contribution in [0.15, 0.2) is 60.7 Å². The highest BCUT2D eigenvalue weighted by Gasteiger charge is 2.23. The van der Waals surface area contributed by atoms with Gasteiger partial charge in [0.15, 0.2) is 10.9 Å². The maximum Gasteiger partial charge on any atom is 0.503 e. The first-order valence-corrected chi connectivity index (χ1v) is 12.4. The fourth-order valence-corrected chi connectivity index (χ4v) is 5.49. The number of nitrogens with one attached hydrogen (secondary N) is 1. The van der Waals surface area contributed by atoms with Crippen LogP contribution in [0, 0.1) is 19.8 Å². The van der Waals surface area contributed by atoms with E-state index in [1.807, 2.05) is 12.1 Å². The van der Waals surface area contributed by atoms with E-state index in [0.717, 1.165) is 45.9 Å². The molecule has 0 unspecified atom stereocenters. The Bertz CT molecular complexity index is 1330. The summed E-state index contributed by atoms with van der Waals surface area (Å²) in [5, 5.41) is 18.3. The molecule has 5 rings (SSSR count). The maximum absolute atomic E-state index is 12.6. The molecule has 7 heteroatoms. The number of aromatic nitrogens is 1. The second kappa shape index (κ2) is 10.7. The van der Waals surface area contributed by atoms with Crippen molar-refractivity contribution in [3.63, 3.8) is 0 Å². The van der Waals surface area contributed by atoms with Crippen molar-refractivity contribution in [2.75, 3.05) is 5.32 Å². The summed E-state index contributed by atoms with van der Waals surface area (Å²) in [5.41, 5.74) is 7.68. The lowest BCUT2D eigenvalue weighted by Crippen LogP contribution is -2.10. The molecule has 180 valence electrons. The van der Waals surface area contributed by atoms with Gasteiger partial charge in [0.25, 0.3) is 0 Å². The molecule has 35 heavy (non-hydrogen) atoms. The van der Waals surface area contributed by atoms with Crippen molar-refractivity contribution in [2.24, 2.45) is 5.92 Å². The van der Waals surface area contributed by atoms with Gasteiger partial charge in [-0.3, -0.25) is 4.79 Å². The van der Waals surface area contributed by atoms with Gasteiger partial charge in [0.05, 0.1) is 10.2 Å². The van der Waals surface area contributed by atoms with Gasteiger partial charge in [-0.25, -0.2) is 9.78 Å². The van der Waals surface area contributed by atoms with Gasteiger partial charge >= 0.3 is 6.16 Å². The zero-order valence-corrected chi connectivity index (χ0v) is 20.6. The van der Waals surface area contributed by atoms with Crippen LogP contribution >= 0.6 is 11.3 Å². The third kappa shape index (κ3) is 6.05. The third-order valence-electron chi connectivity index (χ3n) is 6.18. The number of hydrogen-bond donors (Lipinski definition) is 3. The van der Waals surface area contributed by atoms with Crippen LogP contribution in [0.25, 0.3) is 21.3 Å². The fraction of sp³-hybridized carbons (Fsp3) is 0.250. The lowest BCUT2D eigenvalue weighted by Gasteiger charge is -2.09. The number of ketones is 1. The summed E-state index contributed by atoms with van der Waals surface area (Å²) in [5.74, 6) is 0.538. The van der Waals surface area contributed by atoms with Crippen LogP contribution in [0.1, 0.15) is 47.2 Å². The zero-order valence-electron chi connectivity index (χ0n) is 19.7. The predicted molar refractivity (Wildman–Crippen MR) is 141 cm³/mol. The van der Waals surface area contributed by atoms with Gasteiger partial charge in [-0.1, -0.05) is 66.6 Å². The monoisotopic (exact) mass is 488 g/mol. The summed E-state index contributed by atoms with van der Waals surface area (Å²) in [6, 6.07) is 20.8. The second-order valence-corrected chi connectivity index (χ2v) is 9.86. The Hall–Kier alpha value is -3.71. The summed E-state index contributed by atoms with van der Waals surface area (Å²) in [6.45, 7) is 4.24. The van der Waals surface area contributed by atoms with Crippen molar-refractivity contribution in [1.29, 1.82) is 0 Å². The number of carbonyl (C=O) groups is 2. The van der Waals surface area contributed by atoms with Gasteiger partial charge in [0, 0.05) is 17.2 Å². The Morgan fingerprint density at radius 2 is 1.49 bits per heavy atom. The fourth-order valence-electron chi connectivity index (χ4n) is 4.55. The summed E-state index contributed by atoms with van der Waals surface area (Å²) in [4.78, 5) is 25.9. The Labute approximate surface area is 208 Å². The smallest absolute Gasteiger partial charge is 0.450 e. The number of rotatable bonds is 5. The van der Waals surface area contributed by atoms with E-state index in [-0.39, 0.29) is 5.92 Å². The van der Waals surface area contributed by atoms with Gasteiger partial charge in [-0.05, 0) is 67.1 Å². The normalized spacial score (nSPS) is 13.3. The molecule has 6 nitrogen and oxygen atoms in total. The molecule has 0 amide bonds. The van der Waals surface area contributed by atoms with Crippen molar-refractivity contribution in [1.82, 2.24) is 4.98 Å². The molecule has 0 aliphatic heterocycles. The number of fused-ring (bicyclic) bond motifs is 1. The molecule has 0 bridgehead atoms. The van der Waals surface area contributed by atoms with E-state index in [2.05, 4.69) is 67.7 Å². The quantitative estimate of drug-likeness (QED) is 0.247. The van der Waals surface area contributed by atoms with Gasteiger partial charge in [-0.2, -0.15) is 0 Å². The average Bonchev–Trinajstić information content (AvgIpc) is 3.49.